The van der Waals surface area contributed by atoms with E-state index in [2.05, 4.69) is 24.9 Å². The smallest absolute Gasteiger partial charge is 0.226 e. The van der Waals surface area contributed by atoms with Crippen LogP contribution in [0.1, 0.15) is 0 Å². The molecule has 0 aliphatic heterocycles. The van der Waals surface area contributed by atoms with Crippen molar-refractivity contribution in [3.8, 4) is 11.1 Å². The van der Waals surface area contributed by atoms with Gasteiger partial charge in [0.15, 0.2) is 0 Å². The molecule has 106 valence electrons. The third kappa shape index (κ3) is 4.39. The summed E-state index contributed by atoms with van der Waals surface area (Å²) >= 11 is 0. The van der Waals surface area contributed by atoms with Gasteiger partial charge < -0.3 is 17.2 Å². The second kappa shape index (κ2) is 6.75. The molecule has 3 heterocycles. The Hall–Kier alpha value is -3.29. The minimum Gasteiger partial charge on any atom is -0.368 e. The molecule has 0 bridgehead atoms. The first-order valence-corrected chi connectivity index (χ1v) is 5.98. The fraction of sp³-hybridized carbons (Fsp3) is 0. The van der Waals surface area contributed by atoms with Gasteiger partial charge in [0.2, 0.25) is 17.8 Å². The molecule has 0 saturated carbocycles. The van der Waals surface area contributed by atoms with Crippen molar-refractivity contribution >= 4 is 17.8 Å². The van der Waals surface area contributed by atoms with Crippen LogP contribution in [-0.2, 0) is 0 Å². The van der Waals surface area contributed by atoms with Crippen LogP contribution in [0.4, 0.5) is 17.8 Å². The Labute approximate surface area is 121 Å². The number of nitrogen functional groups attached to an aromatic ring is 3. The molecule has 0 aliphatic rings. The molecule has 0 saturated heterocycles. The highest BCUT2D eigenvalue weighted by atomic mass is 15.2. The van der Waals surface area contributed by atoms with Crippen LogP contribution in [-0.4, -0.2) is 24.9 Å². The summed E-state index contributed by atoms with van der Waals surface area (Å²) in [7, 11) is 0. The molecule has 6 N–H and O–H groups in total. The number of hydrogen-bond donors (Lipinski definition) is 3. The number of nitrogens with two attached hydrogens (primary N) is 3. The van der Waals surface area contributed by atoms with Crippen molar-refractivity contribution in [3.05, 3.63) is 49.1 Å². The van der Waals surface area contributed by atoms with Gasteiger partial charge in [-0.1, -0.05) is 0 Å². The molecule has 0 amide bonds. The molecule has 3 aromatic heterocycles. The van der Waals surface area contributed by atoms with Crippen molar-refractivity contribution < 1.29 is 0 Å². The fourth-order valence-electron chi connectivity index (χ4n) is 1.52. The number of hydrogen-bond acceptors (Lipinski definition) is 8. The number of rotatable bonds is 1. The first-order chi connectivity index (χ1) is 10.1. The summed E-state index contributed by atoms with van der Waals surface area (Å²) in [5, 5.41) is 0. The predicted molar refractivity (Wildman–Crippen MR) is 80.5 cm³/mol. The van der Waals surface area contributed by atoms with E-state index in [0.717, 1.165) is 0 Å². The predicted octanol–water partition coefficient (Wildman–Crippen LogP) is 0.762. The first kappa shape index (κ1) is 14.1. The molecule has 0 aromatic carbocycles. The molecule has 0 unspecified atom stereocenters. The van der Waals surface area contributed by atoms with E-state index in [4.69, 9.17) is 17.2 Å². The molecule has 0 fully saturated rings. The highest BCUT2D eigenvalue weighted by molar-refractivity contribution is 5.61. The van der Waals surface area contributed by atoms with Crippen molar-refractivity contribution in [2.45, 2.75) is 0 Å². The van der Waals surface area contributed by atoms with E-state index in [1.54, 1.807) is 24.8 Å². The lowest BCUT2D eigenvalue weighted by atomic mass is 10.1. The van der Waals surface area contributed by atoms with Crippen LogP contribution in [0.5, 0.6) is 0 Å². The van der Waals surface area contributed by atoms with Gasteiger partial charge in [0.05, 0.1) is 0 Å². The Morgan fingerprint density at radius 1 is 0.524 bits per heavy atom. The van der Waals surface area contributed by atoms with Crippen LogP contribution in [0.15, 0.2) is 49.1 Å². The van der Waals surface area contributed by atoms with Crippen LogP contribution in [0.2, 0.25) is 0 Å². The minimum atomic E-state index is 0.0417. The summed E-state index contributed by atoms with van der Waals surface area (Å²) in [5.41, 5.74) is 17.8. The van der Waals surface area contributed by atoms with Gasteiger partial charge in [0.25, 0.3) is 0 Å². The average molecular weight is 282 g/mol. The second-order valence-corrected chi connectivity index (χ2v) is 3.88. The van der Waals surface area contributed by atoms with E-state index < -0.39 is 0 Å². The van der Waals surface area contributed by atoms with Gasteiger partial charge in [-0.2, -0.15) is 15.0 Å². The van der Waals surface area contributed by atoms with E-state index in [-0.39, 0.29) is 17.8 Å². The molecule has 3 aromatic rings. The van der Waals surface area contributed by atoms with E-state index in [1.807, 2.05) is 24.3 Å². The van der Waals surface area contributed by atoms with Crippen molar-refractivity contribution in [2.24, 2.45) is 0 Å². The van der Waals surface area contributed by atoms with Crippen LogP contribution in [0.25, 0.3) is 11.1 Å². The van der Waals surface area contributed by atoms with Crippen LogP contribution >= 0.6 is 0 Å². The van der Waals surface area contributed by atoms with Crippen molar-refractivity contribution in [3.63, 3.8) is 0 Å². The largest absolute Gasteiger partial charge is 0.368 e. The van der Waals surface area contributed by atoms with E-state index in [9.17, 15) is 0 Å². The molecule has 3 rings (SSSR count). The van der Waals surface area contributed by atoms with Gasteiger partial charge in [-0.15, -0.1) is 0 Å². The average Bonchev–Trinajstić information content (AvgIpc) is 2.48. The summed E-state index contributed by atoms with van der Waals surface area (Å²) in [6.07, 6.45) is 7.15. The van der Waals surface area contributed by atoms with Gasteiger partial charge in [-0.05, 0) is 35.4 Å². The molecule has 8 heteroatoms. The Morgan fingerprint density at radius 2 is 0.810 bits per heavy atom. The maximum atomic E-state index is 5.14. The SMILES string of the molecule is Nc1nc(N)nc(N)n1.c1cc(-c2ccncc2)ccn1. The molecule has 0 aliphatic carbocycles. The molecule has 0 radical (unpaired) electrons. The zero-order chi connectivity index (χ0) is 15.1. The number of anilines is 3. The standard InChI is InChI=1S/C10H8N2.C3H6N6/c1-5-11-6-2-9(1)10-3-7-12-8-4-10;4-1-7-2(5)9-3(6)8-1/h1-8H;(H6,4,5,6,7,8,9). The Morgan fingerprint density at radius 3 is 1.10 bits per heavy atom. The Kier molecular flexibility index (Phi) is 4.54. The summed E-state index contributed by atoms with van der Waals surface area (Å²) in [6.45, 7) is 0. The molecule has 8 nitrogen and oxygen atoms in total. The van der Waals surface area contributed by atoms with E-state index >= 15 is 0 Å². The van der Waals surface area contributed by atoms with E-state index in [1.165, 1.54) is 11.1 Å². The molecule has 0 atom stereocenters. The van der Waals surface area contributed by atoms with Crippen molar-refractivity contribution in [2.75, 3.05) is 17.2 Å². The van der Waals surface area contributed by atoms with Gasteiger partial charge in [-0.25, -0.2) is 0 Å². The normalized spacial score (nSPS) is 9.52. The molecule has 21 heavy (non-hydrogen) atoms. The summed E-state index contributed by atoms with van der Waals surface area (Å²) in [5.74, 6) is 0.125. The van der Waals surface area contributed by atoms with Gasteiger partial charge in [0, 0.05) is 24.8 Å². The lowest BCUT2D eigenvalue weighted by Gasteiger charge is -1.97. The number of aromatic nitrogens is 5. The maximum absolute atomic E-state index is 5.14. The number of pyridine rings is 2. The summed E-state index contributed by atoms with van der Waals surface area (Å²) in [4.78, 5) is 18.4. The van der Waals surface area contributed by atoms with Crippen LogP contribution in [0, 0.1) is 0 Å². The first-order valence-electron chi connectivity index (χ1n) is 5.98. The Bertz CT molecular complexity index is 599. The number of nitrogens with zero attached hydrogens (tertiary/aromatic N) is 5. The fourth-order valence-corrected chi connectivity index (χ4v) is 1.52. The third-order valence-corrected chi connectivity index (χ3v) is 2.38. The van der Waals surface area contributed by atoms with Crippen molar-refractivity contribution in [1.29, 1.82) is 0 Å². The van der Waals surface area contributed by atoms with Crippen LogP contribution < -0.4 is 17.2 Å². The van der Waals surface area contributed by atoms with Gasteiger partial charge in [-0.3, -0.25) is 9.97 Å². The van der Waals surface area contributed by atoms with E-state index in [0.29, 0.717) is 0 Å². The van der Waals surface area contributed by atoms with Gasteiger partial charge >= 0.3 is 0 Å². The lowest BCUT2D eigenvalue weighted by molar-refractivity contribution is 1.09. The lowest BCUT2D eigenvalue weighted by Crippen LogP contribution is -2.05. The molecular weight excluding hydrogens is 268 g/mol. The minimum absolute atomic E-state index is 0.0417. The molecular formula is C13H14N8. The topological polar surface area (TPSA) is 143 Å². The second-order valence-electron chi connectivity index (χ2n) is 3.88. The Balaban J connectivity index is 0.000000161. The van der Waals surface area contributed by atoms with Crippen molar-refractivity contribution in [1.82, 2.24) is 24.9 Å². The quantitative estimate of drug-likeness (QED) is 0.593. The highest BCUT2D eigenvalue weighted by Crippen LogP contribution is 2.15. The summed E-state index contributed by atoms with van der Waals surface area (Å²) in [6, 6.07) is 7.93. The van der Waals surface area contributed by atoms with Crippen LogP contribution in [0.3, 0.4) is 0 Å². The summed E-state index contributed by atoms with van der Waals surface area (Å²) < 4.78 is 0. The zero-order valence-corrected chi connectivity index (χ0v) is 11.1. The molecule has 0 spiro atoms. The maximum Gasteiger partial charge on any atom is 0.226 e. The zero-order valence-electron chi connectivity index (χ0n) is 11.1. The monoisotopic (exact) mass is 282 g/mol. The third-order valence-electron chi connectivity index (χ3n) is 2.38. The van der Waals surface area contributed by atoms with Gasteiger partial charge in [0.1, 0.15) is 0 Å². The highest BCUT2D eigenvalue weighted by Gasteiger charge is 1.94.